The summed E-state index contributed by atoms with van der Waals surface area (Å²) in [5, 5.41) is 3.92. The maximum absolute atomic E-state index is 5.28. The average Bonchev–Trinajstić information content (AvgIpc) is 2.52. The summed E-state index contributed by atoms with van der Waals surface area (Å²) in [6.45, 7) is 4.29. The summed E-state index contributed by atoms with van der Waals surface area (Å²) in [4.78, 5) is 2.35. The molecule has 13 heavy (non-hydrogen) atoms. The summed E-state index contributed by atoms with van der Waals surface area (Å²) in [6, 6.07) is 2.06. The molecule has 72 valence electrons. The van der Waals surface area contributed by atoms with Gasteiger partial charge in [-0.2, -0.15) is 0 Å². The fraction of sp³-hybridized carbons (Fsp3) is 0.700. The van der Waals surface area contributed by atoms with Crippen LogP contribution in [-0.4, -0.2) is 30.2 Å². The van der Waals surface area contributed by atoms with Gasteiger partial charge in [-0.1, -0.05) is 5.16 Å². The van der Waals surface area contributed by atoms with Crippen LogP contribution in [0.3, 0.4) is 0 Å². The Morgan fingerprint density at radius 3 is 3.08 bits per heavy atom. The van der Waals surface area contributed by atoms with Gasteiger partial charge in [0.15, 0.2) is 0 Å². The van der Waals surface area contributed by atoms with Crippen LogP contribution in [0.4, 0.5) is 0 Å². The highest BCUT2D eigenvalue weighted by molar-refractivity contribution is 5.09. The number of piperidine rings is 1. The summed E-state index contributed by atoms with van der Waals surface area (Å²) in [5.74, 6) is 1.61. The number of rotatable bonds is 1. The molecule has 0 saturated carbocycles. The summed E-state index contributed by atoms with van der Waals surface area (Å²) >= 11 is 0. The number of aromatic nitrogens is 1. The molecular weight excluding hydrogens is 164 g/mol. The molecule has 1 atom stereocenters. The highest BCUT2D eigenvalue weighted by Crippen LogP contribution is 2.26. The van der Waals surface area contributed by atoms with Gasteiger partial charge in [0.05, 0.1) is 5.69 Å². The minimum atomic E-state index is 0.556. The minimum absolute atomic E-state index is 0.556. The van der Waals surface area contributed by atoms with Crippen molar-refractivity contribution in [3.8, 4) is 0 Å². The van der Waals surface area contributed by atoms with Crippen LogP contribution in [0.1, 0.15) is 30.2 Å². The highest BCUT2D eigenvalue weighted by atomic mass is 16.5. The molecule has 1 fully saturated rings. The molecular formula is C10H16N2O. The second-order valence-corrected chi connectivity index (χ2v) is 3.97. The SMILES string of the molecule is Cc1cc(C2CCCN(C)C2)on1. The zero-order chi connectivity index (χ0) is 9.26. The monoisotopic (exact) mass is 180 g/mol. The number of hydrogen-bond donors (Lipinski definition) is 0. The average molecular weight is 180 g/mol. The van der Waals surface area contributed by atoms with Crippen LogP contribution in [-0.2, 0) is 0 Å². The Labute approximate surface area is 78.7 Å². The van der Waals surface area contributed by atoms with E-state index < -0.39 is 0 Å². The predicted octanol–water partition coefficient (Wildman–Crippen LogP) is 1.79. The Balaban J connectivity index is 2.08. The molecule has 0 N–H and O–H groups in total. The number of hydrogen-bond acceptors (Lipinski definition) is 3. The molecule has 1 unspecified atom stereocenters. The lowest BCUT2D eigenvalue weighted by Crippen LogP contribution is -2.30. The first kappa shape index (κ1) is 8.75. The lowest BCUT2D eigenvalue weighted by molar-refractivity contribution is 0.223. The van der Waals surface area contributed by atoms with Gasteiger partial charge in [0.2, 0.25) is 0 Å². The van der Waals surface area contributed by atoms with Gasteiger partial charge < -0.3 is 9.42 Å². The molecule has 1 aromatic heterocycles. The third-order valence-corrected chi connectivity index (χ3v) is 2.67. The van der Waals surface area contributed by atoms with Gasteiger partial charge >= 0.3 is 0 Å². The second-order valence-electron chi connectivity index (χ2n) is 3.97. The summed E-state index contributed by atoms with van der Waals surface area (Å²) in [7, 11) is 2.16. The van der Waals surface area contributed by atoms with Crippen LogP contribution in [0.5, 0.6) is 0 Å². The van der Waals surface area contributed by atoms with Crippen LogP contribution >= 0.6 is 0 Å². The van der Waals surface area contributed by atoms with Gasteiger partial charge in [0.1, 0.15) is 5.76 Å². The van der Waals surface area contributed by atoms with E-state index in [1.165, 1.54) is 19.4 Å². The first-order chi connectivity index (χ1) is 6.25. The number of nitrogens with zero attached hydrogens (tertiary/aromatic N) is 2. The Kier molecular flexibility index (Phi) is 2.36. The van der Waals surface area contributed by atoms with Crippen LogP contribution in [0.25, 0.3) is 0 Å². The molecule has 3 heteroatoms. The molecule has 2 rings (SSSR count). The molecule has 0 aliphatic carbocycles. The van der Waals surface area contributed by atoms with E-state index in [2.05, 4.69) is 23.2 Å². The molecule has 0 aromatic carbocycles. The Morgan fingerprint density at radius 1 is 1.62 bits per heavy atom. The molecule has 0 spiro atoms. The van der Waals surface area contributed by atoms with Crippen molar-refractivity contribution in [1.82, 2.24) is 10.1 Å². The van der Waals surface area contributed by atoms with E-state index in [1.54, 1.807) is 0 Å². The third-order valence-electron chi connectivity index (χ3n) is 2.67. The van der Waals surface area contributed by atoms with E-state index >= 15 is 0 Å². The molecule has 2 heterocycles. The van der Waals surface area contributed by atoms with Crippen molar-refractivity contribution in [2.24, 2.45) is 0 Å². The quantitative estimate of drug-likeness (QED) is 0.660. The molecule has 1 aliphatic rings. The van der Waals surface area contributed by atoms with Gasteiger partial charge in [-0.3, -0.25) is 0 Å². The predicted molar refractivity (Wildman–Crippen MR) is 50.7 cm³/mol. The number of likely N-dealkylation sites (N-methyl/N-ethyl adjacent to an activating group) is 1. The first-order valence-electron chi connectivity index (χ1n) is 4.87. The second kappa shape index (κ2) is 3.50. The Morgan fingerprint density at radius 2 is 2.46 bits per heavy atom. The zero-order valence-corrected chi connectivity index (χ0v) is 8.29. The molecule has 3 nitrogen and oxygen atoms in total. The lowest BCUT2D eigenvalue weighted by Gasteiger charge is -2.27. The zero-order valence-electron chi connectivity index (χ0n) is 8.29. The standard InChI is InChI=1S/C10H16N2O/c1-8-6-10(13-11-8)9-4-3-5-12(2)7-9/h6,9H,3-5,7H2,1-2H3. The highest BCUT2D eigenvalue weighted by Gasteiger charge is 2.21. The molecule has 1 saturated heterocycles. The molecule has 0 radical (unpaired) electrons. The fourth-order valence-electron chi connectivity index (χ4n) is 1.97. The van der Waals surface area contributed by atoms with E-state index in [9.17, 15) is 0 Å². The molecule has 0 bridgehead atoms. The smallest absolute Gasteiger partial charge is 0.141 e. The van der Waals surface area contributed by atoms with E-state index in [1.807, 2.05) is 6.92 Å². The summed E-state index contributed by atoms with van der Waals surface area (Å²) < 4.78 is 5.28. The lowest BCUT2D eigenvalue weighted by atomic mass is 9.96. The molecule has 1 aromatic rings. The largest absolute Gasteiger partial charge is 0.361 e. The Hall–Kier alpha value is -0.830. The topological polar surface area (TPSA) is 29.3 Å². The van der Waals surface area contributed by atoms with Crippen molar-refractivity contribution in [2.45, 2.75) is 25.7 Å². The third kappa shape index (κ3) is 1.91. The van der Waals surface area contributed by atoms with E-state index in [0.29, 0.717) is 5.92 Å². The number of likely N-dealkylation sites (tertiary alicyclic amines) is 1. The van der Waals surface area contributed by atoms with Crippen molar-refractivity contribution in [3.05, 3.63) is 17.5 Å². The van der Waals surface area contributed by atoms with Crippen LogP contribution in [0.2, 0.25) is 0 Å². The van der Waals surface area contributed by atoms with Crippen molar-refractivity contribution >= 4 is 0 Å². The maximum Gasteiger partial charge on any atom is 0.141 e. The normalized spacial score (nSPS) is 24.9. The van der Waals surface area contributed by atoms with E-state index in [0.717, 1.165) is 18.0 Å². The van der Waals surface area contributed by atoms with Gasteiger partial charge in [-0.15, -0.1) is 0 Å². The van der Waals surface area contributed by atoms with Crippen LogP contribution < -0.4 is 0 Å². The molecule has 1 aliphatic heterocycles. The van der Waals surface area contributed by atoms with Gasteiger partial charge in [0, 0.05) is 18.5 Å². The van der Waals surface area contributed by atoms with E-state index in [-0.39, 0.29) is 0 Å². The van der Waals surface area contributed by atoms with Crippen molar-refractivity contribution in [1.29, 1.82) is 0 Å². The fourth-order valence-corrected chi connectivity index (χ4v) is 1.97. The van der Waals surface area contributed by atoms with Gasteiger partial charge in [0.25, 0.3) is 0 Å². The van der Waals surface area contributed by atoms with E-state index in [4.69, 9.17) is 4.52 Å². The summed E-state index contributed by atoms with van der Waals surface area (Å²) in [6.07, 6.45) is 2.50. The van der Waals surface area contributed by atoms with Crippen LogP contribution in [0, 0.1) is 6.92 Å². The Bertz CT molecular complexity index is 282. The maximum atomic E-state index is 5.28. The van der Waals surface area contributed by atoms with Gasteiger partial charge in [-0.05, 0) is 33.4 Å². The van der Waals surface area contributed by atoms with Crippen LogP contribution in [0.15, 0.2) is 10.6 Å². The van der Waals surface area contributed by atoms with Crippen molar-refractivity contribution in [3.63, 3.8) is 0 Å². The molecule has 0 amide bonds. The van der Waals surface area contributed by atoms with Crippen molar-refractivity contribution in [2.75, 3.05) is 20.1 Å². The number of aryl methyl sites for hydroxylation is 1. The van der Waals surface area contributed by atoms with Crippen molar-refractivity contribution < 1.29 is 4.52 Å². The summed E-state index contributed by atoms with van der Waals surface area (Å²) in [5.41, 5.74) is 0.989. The first-order valence-corrected chi connectivity index (χ1v) is 4.87. The van der Waals surface area contributed by atoms with Gasteiger partial charge in [-0.25, -0.2) is 0 Å². The minimum Gasteiger partial charge on any atom is -0.361 e.